The van der Waals surface area contributed by atoms with E-state index in [1.54, 1.807) is 19.2 Å². The van der Waals surface area contributed by atoms with Crippen LogP contribution in [0, 0.1) is 12.8 Å². The van der Waals surface area contributed by atoms with Gasteiger partial charge in [0.25, 0.3) is 11.5 Å². The molecule has 0 radical (unpaired) electrons. The van der Waals surface area contributed by atoms with E-state index in [4.69, 9.17) is 4.74 Å². The van der Waals surface area contributed by atoms with E-state index < -0.39 is 5.91 Å². The lowest BCUT2D eigenvalue weighted by molar-refractivity contribution is -0.149. The number of rotatable bonds is 5. The molecule has 1 aliphatic carbocycles. The summed E-state index contributed by atoms with van der Waals surface area (Å²) in [7, 11) is 1.36. The van der Waals surface area contributed by atoms with Gasteiger partial charge in [0.15, 0.2) is 0 Å². The Labute approximate surface area is 164 Å². The molecule has 1 aliphatic rings. The average molecular weight is 382 g/mol. The van der Waals surface area contributed by atoms with Crippen LogP contribution >= 0.6 is 0 Å². The first-order chi connectivity index (χ1) is 13.3. The Balaban J connectivity index is 1.84. The van der Waals surface area contributed by atoms with E-state index in [0.29, 0.717) is 24.3 Å². The first-order valence-corrected chi connectivity index (χ1v) is 9.53. The third-order valence-corrected chi connectivity index (χ3v) is 5.35. The Kier molecular flexibility index (Phi) is 5.68. The van der Waals surface area contributed by atoms with Crippen molar-refractivity contribution in [1.82, 2.24) is 9.88 Å². The molecule has 1 amide bonds. The number of aryl methyl sites for hydroxylation is 1. The lowest BCUT2D eigenvalue weighted by atomic mass is 9.80. The van der Waals surface area contributed by atoms with Gasteiger partial charge < -0.3 is 10.1 Å². The van der Waals surface area contributed by atoms with Crippen LogP contribution in [0.3, 0.4) is 0 Å². The van der Waals surface area contributed by atoms with Gasteiger partial charge >= 0.3 is 5.97 Å². The summed E-state index contributed by atoms with van der Waals surface area (Å²) in [4.78, 5) is 37.3. The molecule has 28 heavy (non-hydrogen) atoms. The number of hydrogen-bond acceptors (Lipinski definition) is 4. The topological polar surface area (TPSA) is 77.4 Å². The summed E-state index contributed by atoms with van der Waals surface area (Å²) in [6, 6.07) is 9.42. The number of pyridine rings is 1. The lowest BCUT2D eigenvalue weighted by Gasteiger charge is -2.33. The number of methoxy groups -OCH3 is 1. The van der Waals surface area contributed by atoms with E-state index in [9.17, 15) is 14.4 Å². The fraction of sp³-hybridized carbons (Fsp3) is 0.409. The zero-order valence-corrected chi connectivity index (χ0v) is 16.7. The van der Waals surface area contributed by atoms with Gasteiger partial charge in [-0.25, -0.2) is 0 Å². The number of carbonyl (C=O) groups is 2. The molecule has 1 heterocycles. The molecule has 3 rings (SSSR count). The predicted octanol–water partition coefficient (Wildman–Crippen LogP) is 2.95. The second kappa shape index (κ2) is 8.00. The van der Waals surface area contributed by atoms with Crippen molar-refractivity contribution >= 4 is 11.9 Å². The molecule has 0 aliphatic heterocycles. The number of nitrogens with zero attached hydrogens (tertiary/aromatic N) is 1. The minimum Gasteiger partial charge on any atom is -0.469 e. The molecule has 1 saturated carbocycles. The molecule has 148 valence electrons. The fourth-order valence-electron chi connectivity index (χ4n) is 3.49. The van der Waals surface area contributed by atoms with Crippen LogP contribution in [0.25, 0.3) is 5.69 Å². The summed E-state index contributed by atoms with van der Waals surface area (Å²) in [5.41, 5.74) is 2.28. The summed E-state index contributed by atoms with van der Waals surface area (Å²) in [5, 5.41) is 2.87. The first kappa shape index (κ1) is 19.9. The molecule has 6 nitrogen and oxygen atoms in total. The number of amides is 1. The van der Waals surface area contributed by atoms with Crippen LogP contribution in [-0.4, -0.2) is 29.6 Å². The standard InChI is InChI=1S/C22H26N2O4/c1-13(2)15-6-5-7-18(12-15)24-9-8-14(3)19(21(24)26)20(25)23-17-10-16(11-17)22(27)28-4/h5-9,12-13,16-17H,10-11H2,1-4H3,(H,23,25). The van der Waals surface area contributed by atoms with Gasteiger partial charge in [-0.2, -0.15) is 0 Å². The molecule has 0 saturated heterocycles. The van der Waals surface area contributed by atoms with E-state index in [0.717, 1.165) is 11.3 Å². The van der Waals surface area contributed by atoms with Crippen LogP contribution in [0.1, 0.15) is 54.1 Å². The SMILES string of the molecule is COC(=O)C1CC(NC(=O)c2c(C)ccn(-c3cccc(C(C)C)c3)c2=O)C1. The van der Waals surface area contributed by atoms with Crippen molar-refractivity contribution in [2.24, 2.45) is 5.92 Å². The maximum atomic E-state index is 13.0. The number of hydrogen-bond donors (Lipinski definition) is 1. The summed E-state index contributed by atoms with van der Waals surface area (Å²) in [6.07, 6.45) is 2.77. The van der Waals surface area contributed by atoms with E-state index in [-0.39, 0.29) is 29.1 Å². The van der Waals surface area contributed by atoms with Crippen molar-refractivity contribution in [3.63, 3.8) is 0 Å². The Morgan fingerprint density at radius 2 is 1.93 bits per heavy atom. The normalized spacial score (nSPS) is 18.5. The molecule has 2 aromatic rings. The monoisotopic (exact) mass is 382 g/mol. The second-order valence-electron chi connectivity index (χ2n) is 7.66. The highest BCUT2D eigenvalue weighted by Crippen LogP contribution is 2.28. The van der Waals surface area contributed by atoms with Crippen LogP contribution in [-0.2, 0) is 9.53 Å². The van der Waals surface area contributed by atoms with E-state index >= 15 is 0 Å². The molecule has 1 aromatic heterocycles. The summed E-state index contributed by atoms with van der Waals surface area (Å²) < 4.78 is 6.22. The Hall–Kier alpha value is -2.89. The minimum absolute atomic E-state index is 0.117. The Bertz CT molecular complexity index is 955. The Morgan fingerprint density at radius 1 is 1.21 bits per heavy atom. The zero-order valence-electron chi connectivity index (χ0n) is 16.7. The highest BCUT2D eigenvalue weighted by molar-refractivity contribution is 5.95. The minimum atomic E-state index is -0.398. The van der Waals surface area contributed by atoms with Gasteiger partial charge in [-0.1, -0.05) is 26.0 Å². The second-order valence-corrected chi connectivity index (χ2v) is 7.66. The van der Waals surface area contributed by atoms with Crippen LogP contribution in [0.4, 0.5) is 0 Å². The van der Waals surface area contributed by atoms with Crippen LogP contribution in [0.15, 0.2) is 41.3 Å². The maximum absolute atomic E-state index is 13.0. The zero-order chi connectivity index (χ0) is 20.4. The molecule has 0 atom stereocenters. The van der Waals surface area contributed by atoms with Gasteiger partial charge in [-0.05, 0) is 55.0 Å². The third kappa shape index (κ3) is 3.86. The first-order valence-electron chi connectivity index (χ1n) is 9.53. The maximum Gasteiger partial charge on any atom is 0.308 e. The number of esters is 1. The number of nitrogens with one attached hydrogen (secondary N) is 1. The molecule has 0 bridgehead atoms. The van der Waals surface area contributed by atoms with Crippen LogP contribution in [0.5, 0.6) is 0 Å². The van der Waals surface area contributed by atoms with Gasteiger partial charge in [-0.3, -0.25) is 19.0 Å². The quantitative estimate of drug-likeness (QED) is 0.807. The van der Waals surface area contributed by atoms with E-state index in [2.05, 4.69) is 19.2 Å². The summed E-state index contributed by atoms with van der Waals surface area (Å²) in [6.45, 7) is 5.94. The van der Waals surface area contributed by atoms with Crippen LogP contribution in [0.2, 0.25) is 0 Å². The molecule has 0 spiro atoms. The summed E-state index contributed by atoms with van der Waals surface area (Å²) in [5.74, 6) is -0.494. The Morgan fingerprint density at radius 3 is 2.57 bits per heavy atom. The average Bonchev–Trinajstić information content (AvgIpc) is 2.64. The highest BCUT2D eigenvalue weighted by Gasteiger charge is 2.36. The molecule has 1 aromatic carbocycles. The molecule has 1 fully saturated rings. The van der Waals surface area contributed by atoms with Crippen molar-refractivity contribution in [3.8, 4) is 5.69 Å². The van der Waals surface area contributed by atoms with Crippen LogP contribution < -0.4 is 10.9 Å². The van der Waals surface area contributed by atoms with Crippen molar-refractivity contribution < 1.29 is 14.3 Å². The van der Waals surface area contributed by atoms with E-state index in [1.807, 2.05) is 24.3 Å². The molecule has 6 heteroatoms. The number of aromatic nitrogens is 1. The van der Waals surface area contributed by atoms with Gasteiger partial charge in [0.05, 0.1) is 13.0 Å². The number of ether oxygens (including phenoxy) is 1. The van der Waals surface area contributed by atoms with Crippen molar-refractivity contribution in [2.45, 2.75) is 45.6 Å². The fourth-order valence-corrected chi connectivity index (χ4v) is 3.49. The van der Waals surface area contributed by atoms with E-state index in [1.165, 1.54) is 11.7 Å². The van der Waals surface area contributed by atoms with Crippen molar-refractivity contribution in [2.75, 3.05) is 7.11 Å². The molecular weight excluding hydrogens is 356 g/mol. The molecule has 0 unspecified atom stereocenters. The summed E-state index contributed by atoms with van der Waals surface area (Å²) >= 11 is 0. The van der Waals surface area contributed by atoms with Gasteiger partial charge in [-0.15, -0.1) is 0 Å². The van der Waals surface area contributed by atoms with Crippen molar-refractivity contribution in [1.29, 1.82) is 0 Å². The van der Waals surface area contributed by atoms with Gasteiger partial charge in [0, 0.05) is 17.9 Å². The largest absolute Gasteiger partial charge is 0.469 e. The van der Waals surface area contributed by atoms with Crippen molar-refractivity contribution in [3.05, 3.63) is 63.6 Å². The van der Waals surface area contributed by atoms with Gasteiger partial charge in [0.1, 0.15) is 5.56 Å². The highest BCUT2D eigenvalue weighted by atomic mass is 16.5. The van der Waals surface area contributed by atoms with Gasteiger partial charge in [0.2, 0.25) is 0 Å². The molecular formula is C22H26N2O4. The predicted molar refractivity (Wildman–Crippen MR) is 107 cm³/mol. The number of benzene rings is 1. The number of carbonyl (C=O) groups excluding carboxylic acids is 2. The molecule has 1 N–H and O–H groups in total. The third-order valence-electron chi connectivity index (χ3n) is 5.35. The lowest BCUT2D eigenvalue weighted by Crippen LogP contribution is -2.48. The smallest absolute Gasteiger partial charge is 0.308 e.